The Bertz CT molecular complexity index is 1010. The van der Waals surface area contributed by atoms with Gasteiger partial charge < -0.3 is 19.5 Å². The smallest absolute Gasteiger partial charge is 0.387 e. The molecule has 1 aliphatic rings. The number of nitrogens with one attached hydrogen (secondary N) is 1. The number of fused-ring (bicyclic) bond motifs is 1. The lowest BCUT2D eigenvalue weighted by Gasteiger charge is -2.33. The number of carbonyl (C=O) groups excluding carboxylic acids is 2. The fraction of sp³-hybridized carbons (Fsp3) is 0.478. The predicted octanol–water partition coefficient (Wildman–Crippen LogP) is 5.55. The van der Waals surface area contributed by atoms with Gasteiger partial charge in [0.05, 0.1) is 19.8 Å². The van der Waals surface area contributed by atoms with E-state index in [2.05, 4.69) is 30.8 Å². The Morgan fingerprint density at radius 2 is 1.91 bits per heavy atom. The molecule has 0 fully saturated rings. The third-order valence-corrected chi connectivity index (χ3v) is 6.92. The Labute approximate surface area is 189 Å². The van der Waals surface area contributed by atoms with Crippen molar-refractivity contribution in [3.8, 4) is 11.5 Å². The van der Waals surface area contributed by atoms with E-state index >= 15 is 0 Å². The number of ether oxygens (including phenoxy) is 3. The van der Waals surface area contributed by atoms with Crippen LogP contribution in [0.1, 0.15) is 58.3 Å². The average Bonchev–Trinajstić information content (AvgIpc) is 3.09. The molecule has 3 rings (SSSR count). The standard InChI is InChI=1S/C23H27F2NO5S/c1-23(2,3)13-7-8-14-17(11-13)32-20(18(14)21(28)30-5)26-19(27)12-6-9-15(31-22(24)25)16(10-12)29-4/h6,9-10,13,22H,7-8,11H2,1-5H3,(H,26,27). The number of benzene rings is 1. The van der Waals surface area contributed by atoms with Crippen LogP contribution in [0.15, 0.2) is 18.2 Å². The van der Waals surface area contributed by atoms with E-state index < -0.39 is 18.5 Å². The van der Waals surface area contributed by atoms with Gasteiger partial charge in [0, 0.05) is 10.4 Å². The molecule has 0 saturated carbocycles. The Morgan fingerprint density at radius 3 is 2.50 bits per heavy atom. The number of hydrogen-bond donors (Lipinski definition) is 1. The van der Waals surface area contributed by atoms with Gasteiger partial charge in [-0.25, -0.2) is 4.79 Å². The van der Waals surface area contributed by atoms with Crippen LogP contribution in [0.25, 0.3) is 0 Å². The largest absolute Gasteiger partial charge is 0.493 e. The van der Waals surface area contributed by atoms with Crippen molar-refractivity contribution in [1.82, 2.24) is 0 Å². The fourth-order valence-corrected chi connectivity index (χ4v) is 5.22. The van der Waals surface area contributed by atoms with E-state index in [-0.39, 0.29) is 22.5 Å². The molecule has 1 aromatic carbocycles. The van der Waals surface area contributed by atoms with Crippen LogP contribution in [0.3, 0.4) is 0 Å². The molecule has 32 heavy (non-hydrogen) atoms. The third kappa shape index (κ3) is 5.03. The molecule has 1 N–H and O–H groups in total. The predicted molar refractivity (Wildman–Crippen MR) is 118 cm³/mol. The Balaban J connectivity index is 1.91. The van der Waals surface area contributed by atoms with Crippen molar-refractivity contribution in [3.05, 3.63) is 39.8 Å². The minimum atomic E-state index is -3.01. The van der Waals surface area contributed by atoms with E-state index in [1.807, 2.05) is 0 Å². The lowest BCUT2D eigenvalue weighted by molar-refractivity contribution is -0.0512. The lowest BCUT2D eigenvalue weighted by atomic mass is 9.72. The first-order valence-electron chi connectivity index (χ1n) is 10.2. The molecule has 1 aromatic heterocycles. The van der Waals surface area contributed by atoms with Crippen molar-refractivity contribution >= 4 is 28.2 Å². The second-order valence-corrected chi connectivity index (χ2v) is 9.81. The highest BCUT2D eigenvalue weighted by molar-refractivity contribution is 7.17. The summed E-state index contributed by atoms with van der Waals surface area (Å²) in [5.74, 6) is -0.693. The van der Waals surface area contributed by atoms with Crippen molar-refractivity contribution in [2.24, 2.45) is 11.3 Å². The molecule has 2 aromatic rings. The summed E-state index contributed by atoms with van der Waals surface area (Å²) in [5.41, 5.74) is 1.63. The number of amides is 1. The van der Waals surface area contributed by atoms with Crippen LogP contribution >= 0.6 is 11.3 Å². The Morgan fingerprint density at radius 1 is 1.19 bits per heavy atom. The molecule has 0 saturated heterocycles. The molecule has 174 valence electrons. The minimum absolute atomic E-state index is 0.00429. The molecular weight excluding hydrogens is 440 g/mol. The van der Waals surface area contributed by atoms with Gasteiger partial charge in [-0.3, -0.25) is 4.79 Å². The van der Waals surface area contributed by atoms with Crippen LogP contribution < -0.4 is 14.8 Å². The quantitative estimate of drug-likeness (QED) is 0.564. The van der Waals surface area contributed by atoms with Gasteiger partial charge >= 0.3 is 12.6 Å². The van der Waals surface area contributed by atoms with Crippen molar-refractivity contribution < 1.29 is 32.6 Å². The summed E-state index contributed by atoms with van der Waals surface area (Å²) < 4.78 is 39.5. The first-order chi connectivity index (χ1) is 15.0. The van der Waals surface area contributed by atoms with Gasteiger partial charge in [-0.1, -0.05) is 20.8 Å². The van der Waals surface area contributed by atoms with E-state index in [0.29, 0.717) is 16.5 Å². The molecule has 9 heteroatoms. The summed E-state index contributed by atoms with van der Waals surface area (Å²) >= 11 is 1.38. The molecule has 0 bridgehead atoms. The first kappa shape index (κ1) is 24.0. The van der Waals surface area contributed by atoms with Gasteiger partial charge in [0.2, 0.25) is 0 Å². The number of carbonyl (C=O) groups is 2. The summed E-state index contributed by atoms with van der Waals surface area (Å²) in [6.07, 6.45) is 2.52. The van der Waals surface area contributed by atoms with E-state index in [9.17, 15) is 18.4 Å². The number of hydrogen-bond acceptors (Lipinski definition) is 6. The van der Waals surface area contributed by atoms with Crippen LogP contribution in [0.5, 0.6) is 11.5 Å². The van der Waals surface area contributed by atoms with Crippen LogP contribution in [0, 0.1) is 11.3 Å². The van der Waals surface area contributed by atoms with Crippen LogP contribution in [0.2, 0.25) is 0 Å². The summed E-state index contributed by atoms with van der Waals surface area (Å²) in [4.78, 5) is 26.5. The minimum Gasteiger partial charge on any atom is -0.493 e. The molecule has 1 aliphatic carbocycles. The normalized spacial score (nSPS) is 15.8. The first-order valence-corrected chi connectivity index (χ1v) is 11.0. The van der Waals surface area contributed by atoms with Crippen molar-refractivity contribution in [2.75, 3.05) is 19.5 Å². The van der Waals surface area contributed by atoms with E-state index in [1.54, 1.807) is 0 Å². The molecule has 6 nitrogen and oxygen atoms in total. The number of anilines is 1. The second kappa shape index (κ2) is 9.44. The zero-order valence-corrected chi connectivity index (χ0v) is 19.5. The van der Waals surface area contributed by atoms with Crippen LogP contribution in [0.4, 0.5) is 13.8 Å². The number of methoxy groups -OCH3 is 2. The molecule has 1 unspecified atom stereocenters. The average molecular weight is 468 g/mol. The molecular formula is C23H27F2NO5S. The molecule has 0 aliphatic heterocycles. The maximum absolute atomic E-state index is 12.9. The third-order valence-electron chi connectivity index (χ3n) is 5.75. The van der Waals surface area contributed by atoms with Gasteiger partial charge in [-0.15, -0.1) is 11.3 Å². The molecule has 0 spiro atoms. The molecule has 0 radical (unpaired) electrons. The zero-order chi connectivity index (χ0) is 23.6. The van der Waals surface area contributed by atoms with E-state index in [4.69, 9.17) is 9.47 Å². The van der Waals surface area contributed by atoms with E-state index in [1.165, 1.54) is 43.8 Å². The second-order valence-electron chi connectivity index (χ2n) is 8.70. The summed E-state index contributed by atoms with van der Waals surface area (Å²) in [6.45, 7) is 3.60. The SMILES string of the molecule is COC(=O)c1c(NC(=O)c2ccc(OC(F)F)c(OC)c2)sc2c1CCC(C(C)(C)C)C2. The van der Waals surface area contributed by atoms with Gasteiger partial charge in [-0.2, -0.15) is 8.78 Å². The number of rotatable bonds is 6. The van der Waals surface area contributed by atoms with Gasteiger partial charge in [0.1, 0.15) is 5.00 Å². The monoisotopic (exact) mass is 467 g/mol. The summed E-state index contributed by atoms with van der Waals surface area (Å²) in [7, 11) is 2.61. The maximum Gasteiger partial charge on any atom is 0.387 e. The highest BCUT2D eigenvalue weighted by Gasteiger charge is 2.34. The number of thiophene rings is 1. The molecule has 1 heterocycles. The highest BCUT2D eigenvalue weighted by Crippen LogP contribution is 2.44. The van der Waals surface area contributed by atoms with Crippen molar-refractivity contribution in [3.63, 3.8) is 0 Å². The van der Waals surface area contributed by atoms with E-state index in [0.717, 1.165) is 29.7 Å². The highest BCUT2D eigenvalue weighted by atomic mass is 32.1. The maximum atomic E-state index is 12.9. The van der Waals surface area contributed by atoms with Gasteiger partial charge in [0.25, 0.3) is 5.91 Å². The Hall–Kier alpha value is -2.68. The van der Waals surface area contributed by atoms with Gasteiger partial charge in [-0.05, 0) is 54.4 Å². The van der Waals surface area contributed by atoms with Crippen molar-refractivity contribution in [2.45, 2.75) is 46.6 Å². The number of alkyl halides is 2. The van der Waals surface area contributed by atoms with Crippen LogP contribution in [-0.4, -0.2) is 32.7 Å². The lowest BCUT2D eigenvalue weighted by Crippen LogP contribution is -2.26. The Kier molecular flexibility index (Phi) is 7.07. The van der Waals surface area contributed by atoms with Crippen molar-refractivity contribution in [1.29, 1.82) is 0 Å². The fourth-order valence-electron chi connectivity index (χ4n) is 3.91. The van der Waals surface area contributed by atoms with Crippen LogP contribution in [-0.2, 0) is 17.6 Å². The number of esters is 1. The topological polar surface area (TPSA) is 73.9 Å². The summed E-state index contributed by atoms with van der Waals surface area (Å²) in [5, 5.41) is 3.22. The summed E-state index contributed by atoms with van der Waals surface area (Å²) in [6, 6.07) is 3.92. The molecule has 1 amide bonds. The van der Waals surface area contributed by atoms with Gasteiger partial charge in [0.15, 0.2) is 11.5 Å². The zero-order valence-electron chi connectivity index (χ0n) is 18.7. The number of halogens is 2. The molecule has 1 atom stereocenters.